The Hall–Kier alpha value is -1.70. The van der Waals surface area contributed by atoms with Gasteiger partial charge in [0.25, 0.3) is 10.0 Å². The van der Waals surface area contributed by atoms with E-state index in [1.54, 1.807) is 0 Å². The fraction of sp³-hybridized carbons (Fsp3) is 0.444. The minimum absolute atomic E-state index is 0.0411. The summed E-state index contributed by atoms with van der Waals surface area (Å²) in [6.45, 7) is 0.0411. The molecule has 1 rings (SSSR count). The van der Waals surface area contributed by atoms with Gasteiger partial charge < -0.3 is 5.32 Å². The van der Waals surface area contributed by atoms with Crippen LogP contribution in [-0.2, 0) is 10.0 Å². The molecule has 19 heavy (non-hydrogen) atoms. The van der Waals surface area contributed by atoms with Crippen LogP contribution >= 0.6 is 11.3 Å². The molecular formula is C9H12N4O4S2. The zero-order valence-corrected chi connectivity index (χ0v) is 11.9. The third kappa shape index (κ3) is 3.19. The number of anilines is 1. The highest BCUT2D eigenvalue weighted by Gasteiger charge is 2.28. The van der Waals surface area contributed by atoms with Gasteiger partial charge in [-0.3, -0.25) is 10.1 Å². The van der Waals surface area contributed by atoms with Crippen molar-refractivity contribution in [3.8, 4) is 6.07 Å². The molecule has 0 aromatic carbocycles. The Labute approximate surface area is 114 Å². The van der Waals surface area contributed by atoms with Crippen LogP contribution in [0.5, 0.6) is 0 Å². The summed E-state index contributed by atoms with van der Waals surface area (Å²) in [7, 11) is -0.989. The molecule has 0 aliphatic rings. The first-order valence-electron chi connectivity index (χ1n) is 5.13. The maximum Gasteiger partial charge on any atom is 0.304 e. The Kier molecular flexibility index (Phi) is 4.82. The number of nitro groups is 1. The Morgan fingerprint density at radius 3 is 2.68 bits per heavy atom. The van der Waals surface area contributed by atoms with Gasteiger partial charge in [0.1, 0.15) is 4.21 Å². The normalized spacial score (nSPS) is 11.3. The van der Waals surface area contributed by atoms with Crippen molar-refractivity contribution in [1.29, 1.82) is 5.26 Å². The maximum atomic E-state index is 12.1. The van der Waals surface area contributed by atoms with Gasteiger partial charge in [-0.2, -0.15) is 9.57 Å². The summed E-state index contributed by atoms with van der Waals surface area (Å²) in [6.07, 6.45) is 0.0576. The van der Waals surface area contributed by atoms with Crippen molar-refractivity contribution < 1.29 is 13.3 Å². The van der Waals surface area contributed by atoms with Gasteiger partial charge in [0.05, 0.1) is 11.0 Å². The average molecular weight is 304 g/mol. The highest BCUT2D eigenvalue weighted by atomic mass is 32.2. The summed E-state index contributed by atoms with van der Waals surface area (Å²) in [4.78, 5) is 10.1. The van der Waals surface area contributed by atoms with E-state index in [-0.39, 0.29) is 27.9 Å². The highest BCUT2D eigenvalue weighted by molar-refractivity contribution is 7.91. The van der Waals surface area contributed by atoms with Gasteiger partial charge in [-0.25, -0.2) is 8.42 Å². The second-order valence-corrected chi connectivity index (χ2v) is 6.85. The smallest absolute Gasteiger partial charge is 0.304 e. The lowest BCUT2D eigenvalue weighted by Gasteiger charge is -2.13. The Morgan fingerprint density at radius 1 is 1.63 bits per heavy atom. The Morgan fingerprint density at radius 2 is 2.26 bits per heavy atom. The molecule has 0 fully saturated rings. The van der Waals surface area contributed by atoms with Gasteiger partial charge in [-0.15, -0.1) is 0 Å². The molecule has 1 aromatic heterocycles. The first kappa shape index (κ1) is 15.4. The molecule has 0 bridgehead atoms. The highest BCUT2D eigenvalue weighted by Crippen LogP contribution is 2.37. The number of nitrogens with one attached hydrogen (secondary N) is 1. The molecule has 1 aromatic rings. The number of nitrogens with zero attached hydrogens (tertiary/aromatic N) is 3. The van der Waals surface area contributed by atoms with E-state index in [4.69, 9.17) is 5.26 Å². The molecule has 0 aliphatic carbocycles. The van der Waals surface area contributed by atoms with Gasteiger partial charge in [0.15, 0.2) is 5.00 Å². The SMILES string of the molecule is CNc1sc(S(=O)(=O)N(C)CCC#N)cc1[N+](=O)[O-]. The fourth-order valence-electron chi connectivity index (χ4n) is 1.28. The maximum absolute atomic E-state index is 12.1. The van der Waals surface area contributed by atoms with E-state index in [0.717, 1.165) is 21.7 Å². The monoisotopic (exact) mass is 304 g/mol. The van der Waals surface area contributed by atoms with Crippen LogP contribution in [0.15, 0.2) is 10.3 Å². The minimum atomic E-state index is -3.80. The first-order chi connectivity index (χ1) is 8.84. The molecular weight excluding hydrogens is 292 g/mol. The van der Waals surface area contributed by atoms with Crippen molar-refractivity contribution in [3.63, 3.8) is 0 Å². The second kappa shape index (κ2) is 5.96. The Bertz CT molecular complexity index is 617. The second-order valence-electron chi connectivity index (χ2n) is 3.52. The van der Waals surface area contributed by atoms with Crippen LogP contribution in [0.2, 0.25) is 0 Å². The van der Waals surface area contributed by atoms with Crippen LogP contribution in [0.25, 0.3) is 0 Å². The van der Waals surface area contributed by atoms with Crippen molar-refractivity contribution in [2.75, 3.05) is 26.0 Å². The molecule has 1 N–H and O–H groups in total. The van der Waals surface area contributed by atoms with Crippen LogP contribution in [0.1, 0.15) is 6.42 Å². The Balaban J connectivity index is 3.16. The molecule has 1 heterocycles. The lowest BCUT2D eigenvalue weighted by Crippen LogP contribution is -2.27. The number of thiophene rings is 1. The standard InChI is InChI=1S/C9H12N4O4S2/c1-11-9-7(13(14)15)6-8(18-9)19(16,17)12(2)5-3-4-10/h6,11H,3,5H2,1-2H3. The van der Waals surface area contributed by atoms with E-state index in [0.29, 0.717) is 0 Å². The van der Waals surface area contributed by atoms with E-state index in [1.165, 1.54) is 14.1 Å². The van der Waals surface area contributed by atoms with Crippen LogP contribution in [-0.4, -0.2) is 38.3 Å². The molecule has 0 atom stereocenters. The quantitative estimate of drug-likeness (QED) is 0.624. The van der Waals surface area contributed by atoms with E-state index in [1.807, 2.05) is 6.07 Å². The minimum Gasteiger partial charge on any atom is -0.374 e. The van der Waals surface area contributed by atoms with E-state index in [9.17, 15) is 18.5 Å². The number of hydrogen-bond acceptors (Lipinski definition) is 7. The van der Waals surface area contributed by atoms with Gasteiger partial charge in [0.2, 0.25) is 0 Å². The van der Waals surface area contributed by atoms with E-state index in [2.05, 4.69) is 5.32 Å². The van der Waals surface area contributed by atoms with Crippen LogP contribution in [0.4, 0.5) is 10.7 Å². The summed E-state index contributed by atoms with van der Waals surface area (Å²) >= 11 is 0.791. The average Bonchev–Trinajstić information content (AvgIpc) is 2.80. The topological polar surface area (TPSA) is 116 Å². The largest absolute Gasteiger partial charge is 0.374 e. The summed E-state index contributed by atoms with van der Waals surface area (Å²) in [5.41, 5.74) is -0.278. The third-order valence-corrected chi connectivity index (χ3v) is 5.76. The molecule has 8 nitrogen and oxygen atoms in total. The number of hydrogen-bond donors (Lipinski definition) is 1. The summed E-state index contributed by atoms with van der Waals surface area (Å²) in [6, 6.07) is 2.87. The summed E-state index contributed by atoms with van der Waals surface area (Å²) < 4.78 is 25.1. The molecule has 0 amide bonds. The molecule has 0 saturated heterocycles. The van der Waals surface area contributed by atoms with Crippen molar-refractivity contribution in [1.82, 2.24) is 4.31 Å². The molecule has 10 heteroatoms. The van der Waals surface area contributed by atoms with Crippen molar-refractivity contribution in [2.45, 2.75) is 10.6 Å². The molecule has 0 saturated carbocycles. The fourth-order valence-corrected chi connectivity index (χ4v) is 3.95. The number of sulfonamides is 1. The summed E-state index contributed by atoms with van der Waals surface area (Å²) in [5, 5.41) is 22.0. The number of rotatable bonds is 6. The first-order valence-corrected chi connectivity index (χ1v) is 7.39. The molecule has 104 valence electrons. The number of nitriles is 1. The zero-order valence-electron chi connectivity index (χ0n) is 10.3. The van der Waals surface area contributed by atoms with Crippen molar-refractivity contribution in [3.05, 3.63) is 16.2 Å². The molecule has 0 aliphatic heterocycles. The molecule has 0 spiro atoms. The summed E-state index contributed by atoms with van der Waals surface area (Å²) in [5.74, 6) is 0. The van der Waals surface area contributed by atoms with E-state index >= 15 is 0 Å². The van der Waals surface area contributed by atoms with Gasteiger partial charge in [-0.1, -0.05) is 11.3 Å². The van der Waals surface area contributed by atoms with Gasteiger partial charge in [0, 0.05) is 33.1 Å². The molecule has 0 radical (unpaired) electrons. The van der Waals surface area contributed by atoms with Crippen LogP contribution < -0.4 is 5.32 Å². The van der Waals surface area contributed by atoms with Crippen molar-refractivity contribution >= 4 is 32.0 Å². The zero-order chi connectivity index (χ0) is 14.6. The predicted octanol–water partition coefficient (Wildman–Crippen LogP) is 1.23. The predicted molar refractivity (Wildman–Crippen MR) is 70.6 cm³/mol. The van der Waals surface area contributed by atoms with Gasteiger partial charge in [-0.05, 0) is 0 Å². The molecule has 0 unspecified atom stereocenters. The van der Waals surface area contributed by atoms with Crippen LogP contribution in [0, 0.1) is 21.4 Å². The lowest BCUT2D eigenvalue weighted by molar-refractivity contribution is -0.383. The van der Waals surface area contributed by atoms with Gasteiger partial charge >= 0.3 is 5.69 Å². The third-order valence-electron chi connectivity index (χ3n) is 2.32. The van der Waals surface area contributed by atoms with Crippen molar-refractivity contribution in [2.24, 2.45) is 0 Å². The lowest BCUT2D eigenvalue weighted by atomic mass is 10.5. The van der Waals surface area contributed by atoms with E-state index < -0.39 is 14.9 Å². The van der Waals surface area contributed by atoms with Crippen LogP contribution in [0.3, 0.4) is 0 Å².